The highest BCUT2D eigenvalue weighted by Crippen LogP contribution is 2.26. The molecule has 0 saturated carbocycles. The van der Waals surface area contributed by atoms with Crippen molar-refractivity contribution in [3.63, 3.8) is 0 Å². The van der Waals surface area contributed by atoms with Gasteiger partial charge in [0.05, 0.1) is 10.6 Å². The Labute approximate surface area is 261 Å². The molecule has 0 saturated heterocycles. The summed E-state index contributed by atoms with van der Waals surface area (Å²) in [6, 6.07) is 33.1. The number of amides is 2. The van der Waals surface area contributed by atoms with E-state index in [4.69, 9.17) is 0 Å². The van der Waals surface area contributed by atoms with Gasteiger partial charge < -0.3 is 10.2 Å². The summed E-state index contributed by atoms with van der Waals surface area (Å²) in [7, 11) is -4.10. The summed E-state index contributed by atoms with van der Waals surface area (Å²) in [6.07, 6.45) is 1.02. The van der Waals surface area contributed by atoms with Crippen LogP contribution in [0.3, 0.4) is 0 Å². The van der Waals surface area contributed by atoms with Gasteiger partial charge in [0, 0.05) is 23.1 Å². The molecule has 42 heavy (non-hydrogen) atoms. The minimum absolute atomic E-state index is 0.0764. The van der Waals surface area contributed by atoms with Gasteiger partial charge in [-0.15, -0.1) is 0 Å². The first-order valence-electron chi connectivity index (χ1n) is 13.8. The van der Waals surface area contributed by atoms with Gasteiger partial charge in [0.2, 0.25) is 11.8 Å². The van der Waals surface area contributed by atoms with Crippen molar-refractivity contribution in [3.8, 4) is 0 Å². The molecule has 0 aliphatic heterocycles. The fraction of sp³-hybridized carbons (Fsp3) is 0.212. The van der Waals surface area contributed by atoms with E-state index >= 15 is 0 Å². The van der Waals surface area contributed by atoms with Gasteiger partial charge in [-0.25, -0.2) is 8.42 Å². The van der Waals surface area contributed by atoms with Crippen LogP contribution in [-0.4, -0.2) is 44.3 Å². The molecule has 7 nitrogen and oxygen atoms in total. The van der Waals surface area contributed by atoms with E-state index in [2.05, 4.69) is 27.9 Å². The van der Waals surface area contributed by atoms with Gasteiger partial charge in [-0.05, 0) is 76.5 Å². The fourth-order valence-corrected chi connectivity index (χ4v) is 6.35. The zero-order chi connectivity index (χ0) is 30.0. The van der Waals surface area contributed by atoms with Gasteiger partial charge in [0.15, 0.2) is 0 Å². The summed E-state index contributed by atoms with van der Waals surface area (Å²) in [4.78, 5) is 29.5. The van der Waals surface area contributed by atoms with Crippen LogP contribution < -0.4 is 9.62 Å². The second-order valence-corrected chi connectivity index (χ2v) is 12.9. The van der Waals surface area contributed by atoms with Crippen LogP contribution in [0.25, 0.3) is 0 Å². The molecule has 0 radical (unpaired) electrons. The molecule has 0 aromatic heterocycles. The number of halogens is 1. The Bertz CT molecular complexity index is 1550. The van der Waals surface area contributed by atoms with E-state index in [1.807, 2.05) is 67.6 Å². The van der Waals surface area contributed by atoms with E-state index < -0.39 is 28.5 Å². The van der Waals surface area contributed by atoms with Crippen LogP contribution in [0.5, 0.6) is 0 Å². The predicted molar refractivity (Wildman–Crippen MR) is 174 cm³/mol. The summed E-state index contributed by atoms with van der Waals surface area (Å²) in [5, 5.41) is 2.96. The van der Waals surface area contributed by atoms with Crippen molar-refractivity contribution >= 4 is 50.1 Å². The zero-order valence-electron chi connectivity index (χ0n) is 23.4. The molecule has 0 bridgehead atoms. The summed E-state index contributed by atoms with van der Waals surface area (Å²) in [5.41, 5.74) is 2.09. The molecule has 0 aliphatic rings. The van der Waals surface area contributed by atoms with Gasteiger partial charge >= 0.3 is 0 Å². The van der Waals surface area contributed by atoms with Crippen LogP contribution in [0.15, 0.2) is 120 Å². The van der Waals surface area contributed by atoms with Crippen molar-refractivity contribution in [1.82, 2.24) is 10.2 Å². The van der Waals surface area contributed by atoms with E-state index in [1.54, 1.807) is 42.5 Å². The number of rotatable bonds is 13. The van der Waals surface area contributed by atoms with Crippen molar-refractivity contribution in [3.05, 3.63) is 130 Å². The Morgan fingerprint density at radius 1 is 0.786 bits per heavy atom. The fourth-order valence-electron chi connectivity index (χ4n) is 4.56. The SMILES string of the molecule is CCCNC(=O)C(Cc1ccccc1)N(Cc1ccccc1)C(=O)CN(c1ccc(I)cc1)S(=O)(=O)c1ccccc1. The number of carbonyl (C=O) groups is 2. The number of nitrogens with zero attached hydrogens (tertiary/aromatic N) is 2. The molecular formula is C33H34IN3O4S. The molecule has 0 aliphatic carbocycles. The number of anilines is 1. The second kappa shape index (κ2) is 15.0. The van der Waals surface area contributed by atoms with Crippen molar-refractivity contribution in [2.24, 2.45) is 0 Å². The molecule has 9 heteroatoms. The van der Waals surface area contributed by atoms with Crippen LogP contribution >= 0.6 is 22.6 Å². The Balaban J connectivity index is 1.77. The molecule has 1 atom stereocenters. The molecule has 0 fully saturated rings. The van der Waals surface area contributed by atoms with E-state index in [0.717, 1.165) is 25.4 Å². The van der Waals surface area contributed by atoms with E-state index in [9.17, 15) is 18.0 Å². The van der Waals surface area contributed by atoms with Crippen LogP contribution in [0, 0.1) is 3.57 Å². The van der Waals surface area contributed by atoms with Crippen LogP contribution in [0.4, 0.5) is 5.69 Å². The Morgan fingerprint density at radius 2 is 1.33 bits per heavy atom. The quantitative estimate of drug-likeness (QED) is 0.183. The average molecular weight is 696 g/mol. The first-order chi connectivity index (χ1) is 20.3. The number of carbonyl (C=O) groups excluding carboxylic acids is 2. The number of sulfonamides is 1. The van der Waals surface area contributed by atoms with Gasteiger partial charge in [-0.3, -0.25) is 13.9 Å². The normalized spacial score (nSPS) is 11.9. The molecule has 4 aromatic carbocycles. The van der Waals surface area contributed by atoms with Crippen LogP contribution in [0.1, 0.15) is 24.5 Å². The first kappa shape index (κ1) is 31.2. The van der Waals surface area contributed by atoms with E-state index in [-0.39, 0.29) is 23.8 Å². The Kier molecular flexibility index (Phi) is 11.1. The third-order valence-electron chi connectivity index (χ3n) is 6.74. The van der Waals surface area contributed by atoms with Gasteiger partial charge in [-0.1, -0.05) is 85.8 Å². The molecule has 0 spiro atoms. The summed E-state index contributed by atoms with van der Waals surface area (Å²) >= 11 is 2.15. The highest BCUT2D eigenvalue weighted by molar-refractivity contribution is 14.1. The Hall–Kier alpha value is -3.70. The zero-order valence-corrected chi connectivity index (χ0v) is 26.4. The number of hydrogen-bond acceptors (Lipinski definition) is 4. The largest absolute Gasteiger partial charge is 0.354 e. The van der Waals surface area contributed by atoms with Crippen LogP contribution in [0.2, 0.25) is 0 Å². The minimum atomic E-state index is -4.10. The number of nitrogens with one attached hydrogen (secondary N) is 1. The molecular weight excluding hydrogens is 661 g/mol. The summed E-state index contributed by atoms with van der Waals surface area (Å²) < 4.78 is 29.9. The highest BCUT2D eigenvalue weighted by atomic mass is 127. The molecule has 0 heterocycles. The summed E-state index contributed by atoms with van der Waals surface area (Å²) in [5.74, 6) is -0.763. The summed E-state index contributed by atoms with van der Waals surface area (Å²) in [6.45, 7) is 2.10. The predicted octanol–water partition coefficient (Wildman–Crippen LogP) is 5.65. The third kappa shape index (κ3) is 8.19. The topological polar surface area (TPSA) is 86.8 Å². The van der Waals surface area contributed by atoms with Crippen molar-refractivity contribution in [1.29, 1.82) is 0 Å². The number of benzene rings is 4. The molecule has 2 amide bonds. The molecule has 4 aromatic rings. The van der Waals surface area contributed by atoms with Crippen molar-refractivity contribution < 1.29 is 18.0 Å². The van der Waals surface area contributed by atoms with Crippen molar-refractivity contribution in [2.45, 2.75) is 37.2 Å². The van der Waals surface area contributed by atoms with E-state index in [0.29, 0.717) is 12.2 Å². The third-order valence-corrected chi connectivity index (χ3v) is 9.25. The minimum Gasteiger partial charge on any atom is -0.354 e. The lowest BCUT2D eigenvalue weighted by Crippen LogP contribution is -2.53. The molecule has 1 N–H and O–H groups in total. The van der Waals surface area contributed by atoms with Gasteiger partial charge in [0.1, 0.15) is 12.6 Å². The van der Waals surface area contributed by atoms with Gasteiger partial charge in [0.25, 0.3) is 10.0 Å². The monoisotopic (exact) mass is 695 g/mol. The lowest BCUT2D eigenvalue weighted by molar-refractivity contribution is -0.140. The highest BCUT2D eigenvalue weighted by Gasteiger charge is 2.34. The molecule has 1 unspecified atom stereocenters. The van der Waals surface area contributed by atoms with Crippen molar-refractivity contribution in [2.75, 3.05) is 17.4 Å². The van der Waals surface area contributed by atoms with Gasteiger partial charge in [-0.2, -0.15) is 0 Å². The molecule has 218 valence electrons. The maximum Gasteiger partial charge on any atom is 0.264 e. The lowest BCUT2D eigenvalue weighted by atomic mass is 10.0. The maximum absolute atomic E-state index is 14.3. The molecule has 4 rings (SSSR count). The standard InChI is InChI=1S/C33H34IN3O4S/c1-2-22-35-33(39)31(23-26-12-6-3-7-13-26)36(24-27-14-8-4-9-15-27)32(38)25-37(29-20-18-28(34)19-21-29)42(40,41)30-16-10-5-11-17-30/h3-21,31H,2,22-25H2,1H3,(H,35,39). The smallest absolute Gasteiger partial charge is 0.264 e. The average Bonchev–Trinajstić information content (AvgIpc) is 3.02. The maximum atomic E-state index is 14.3. The Morgan fingerprint density at radius 3 is 1.90 bits per heavy atom. The van der Waals surface area contributed by atoms with Crippen LogP contribution in [-0.2, 0) is 32.6 Å². The number of hydrogen-bond donors (Lipinski definition) is 1. The second-order valence-electron chi connectivity index (χ2n) is 9.80. The lowest BCUT2D eigenvalue weighted by Gasteiger charge is -2.34. The van der Waals surface area contributed by atoms with E-state index in [1.165, 1.54) is 17.0 Å². The first-order valence-corrected chi connectivity index (χ1v) is 16.3.